The number of carbonyl (C=O) groups is 1. The number of hydrogen-bond donors (Lipinski definition) is 3. The minimum absolute atomic E-state index is 0.0260. The van der Waals surface area contributed by atoms with Gasteiger partial charge in [0.1, 0.15) is 5.52 Å². The molecule has 7 heteroatoms. The van der Waals surface area contributed by atoms with Crippen LogP contribution in [0.2, 0.25) is 0 Å². The van der Waals surface area contributed by atoms with Crippen molar-refractivity contribution in [2.24, 2.45) is 5.92 Å². The van der Waals surface area contributed by atoms with E-state index in [2.05, 4.69) is 15.6 Å². The summed E-state index contributed by atoms with van der Waals surface area (Å²) in [5, 5.41) is 15.2. The number of aliphatic hydroxyl groups excluding tert-OH is 1. The second-order valence-corrected chi connectivity index (χ2v) is 6.51. The molecule has 1 saturated carbocycles. The van der Waals surface area contributed by atoms with E-state index in [0.717, 1.165) is 31.2 Å². The second kappa shape index (κ2) is 7.09. The maximum atomic E-state index is 12.2. The molecule has 1 aromatic heterocycles. The van der Waals surface area contributed by atoms with E-state index < -0.39 is 0 Å². The standard InChI is InChI=1S/C17H24N4O3/c1-21(2)17-20-14-8-7-12(9-15(14)24-17)18-16(23)19-13-6-4-3-5-11(13)10-22/h7-9,11,13,22H,3-6,10H2,1-2H3,(H2,18,19,23). The van der Waals surface area contributed by atoms with Crippen LogP contribution in [0.15, 0.2) is 22.6 Å². The van der Waals surface area contributed by atoms with Crippen molar-refractivity contribution in [1.29, 1.82) is 0 Å². The van der Waals surface area contributed by atoms with Gasteiger partial charge in [0, 0.05) is 44.4 Å². The highest BCUT2D eigenvalue weighted by Gasteiger charge is 2.25. The Morgan fingerprint density at radius 3 is 2.92 bits per heavy atom. The number of rotatable bonds is 4. The summed E-state index contributed by atoms with van der Waals surface area (Å²) in [7, 11) is 3.72. The molecule has 0 spiro atoms. The number of urea groups is 1. The lowest BCUT2D eigenvalue weighted by Gasteiger charge is -2.30. The first-order chi connectivity index (χ1) is 11.6. The molecule has 2 aromatic rings. The van der Waals surface area contributed by atoms with E-state index in [0.29, 0.717) is 17.3 Å². The van der Waals surface area contributed by atoms with Crippen LogP contribution in [-0.4, -0.2) is 42.9 Å². The van der Waals surface area contributed by atoms with Gasteiger partial charge in [-0.1, -0.05) is 12.8 Å². The van der Waals surface area contributed by atoms with Crippen molar-refractivity contribution in [3.63, 3.8) is 0 Å². The Balaban J connectivity index is 1.66. The zero-order valence-electron chi connectivity index (χ0n) is 14.1. The number of hydrogen-bond acceptors (Lipinski definition) is 5. The molecule has 0 bridgehead atoms. The van der Waals surface area contributed by atoms with Crippen LogP contribution >= 0.6 is 0 Å². The molecule has 130 valence electrons. The van der Waals surface area contributed by atoms with Crippen LogP contribution in [0.1, 0.15) is 25.7 Å². The molecule has 1 aliphatic rings. The largest absolute Gasteiger partial charge is 0.423 e. The lowest BCUT2D eigenvalue weighted by molar-refractivity contribution is 0.156. The maximum Gasteiger partial charge on any atom is 0.319 e. The molecule has 1 heterocycles. The number of nitrogens with one attached hydrogen (secondary N) is 2. The summed E-state index contributed by atoms with van der Waals surface area (Å²) in [6.45, 7) is 0.113. The number of oxazole rings is 1. The zero-order valence-corrected chi connectivity index (χ0v) is 14.1. The van der Waals surface area contributed by atoms with Gasteiger partial charge in [0.25, 0.3) is 6.01 Å². The second-order valence-electron chi connectivity index (χ2n) is 6.51. The summed E-state index contributed by atoms with van der Waals surface area (Å²) in [5.74, 6) is 0.143. The van der Waals surface area contributed by atoms with E-state index >= 15 is 0 Å². The van der Waals surface area contributed by atoms with E-state index in [1.54, 1.807) is 17.0 Å². The van der Waals surface area contributed by atoms with Gasteiger partial charge >= 0.3 is 6.03 Å². The smallest absolute Gasteiger partial charge is 0.319 e. The molecule has 0 saturated heterocycles. The van der Waals surface area contributed by atoms with E-state index in [9.17, 15) is 9.90 Å². The first-order valence-electron chi connectivity index (χ1n) is 8.33. The summed E-state index contributed by atoms with van der Waals surface area (Å²) in [6.07, 6.45) is 4.06. The number of nitrogens with zero attached hydrogens (tertiary/aromatic N) is 2. The van der Waals surface area contributed by atoms with Gasteiger partial charge in [-0.25, -0.2) is 4.79 Å². The predicted molar refractivity (Wildman–Crippen MR) is 93.3 cm³/mol. The Kier molecular flexibility index (Phi) is 4.89. The maximum absolute atomic E-state index is 12.2. The molecule has 1 fully saturated rings. The van der Waals surface area contributed by atoms with Crippen molar-refractivity contribution in [1.82, 2.24) is 10.3 Å². The van der Waals surface area contributed by atoms with Crippen LogP contribution < -0.4 is 15.5 Å². The van der Waals surface area contributed by atoms with Crippen molar-refractivity contribution >= 4 is 28.8 Å². The minimum atomic E-state index is -0.257. The van der Waals surface area contributed by atoms with Crippen molar-refractivity contribution in [3.8, 4) is 0 Å². The summed E-state index contributed by atoms with van der Waals surface area (Å²) in [4.78, 5) is 18.4. The molecule has 1 aliphatic carbocycles. The third kappa shape index (κ3) is 3.62. The molecule has 3 rings (SSSR count). The van der Waals surface area contributed by atoms with Gasteiger partial charge in [-0.3, -0.25) is 0 Å². The highest BCUT2D eigenvalue weighted by Crippen LogP contribution is 2.25. The van der Waals surface area contributed by atoms with Gasteiger partial charge in [-0.05, 0) is 25.0 Å². The number of aromatic nitrogens is 1. The molecule has 2 atom stereocenters. The average Bonchev–Trinajstić information content (AvgIpc) is 2.99. The first-order valence-corrected chi connectivity index (χ1v) is 8.33. The number of benzene rings is 1. The van der Waals surface area contributed by atoms with Crippen LogP contribution in [0.25, 0.3) is 11.1 Å². The summed E-state index contributed by atoms with van der Waals surface area (Å²) >= 11 is 0. The summed E-state index contributed by atoms with van der Waals surface area (Å²) in [6, 6.07) is 5.68. The van der Waals surface area contributed by atoms with Gasteiger partial charge < -0.3 is 25.1 Å². The summed E-state index contributed by atoms with van der Waals surface area (Å²) < 4.78 is 5.65. The molecule has 3 N–H and O–H groups in total. The van der Waals surface area contributed by atoms with Crippen molar-refractivity contribution in [2.75, 3.05) is 30.9 Å². The van der Waals surface area contributed by atoms with E-state index in [1.165, 1.54) is 0 Å². The van der Waals surface area contributed by atoms with E-state index in [1.807, 2.05) is 20.2 Å². The quantitative estimate of drug-likeness (QED) is 0.800. The Bertz CT molecular complexity index is 713. The van der Waals surface area contributed by atoms with E-state index in [4.69, 9.17) is 4.42 Å². The van der Waals surface area contributed by atoms with Gasteiger partial charge in [-0.2, -0.15) is 4.98 Å². The van der Waals surface area contributed by atoms with Crippen LogP contribution in [0.5, 0.6) is 0 Å². The lowest BCUT2D eigenvalue weighted by atomic mass is 9.85. The Morgan fingerprint density at radius 2 is 2.17 bits per heavy atom. The molecule has 7 nitrogen and oxygen atoms in total. The Morgan fingerprint density at radius 1 is 1.38 bits per heavy atom. The van der Waals surface area contributed by atoms with Gasteiger partial charge in [0.2, 0.25) is 0 Å². The molecule has 0 radical (unpaired) electrons. The molecule has 1 aromatic carbocycles. The molecular formula is C17H24N4O3. The number of aliphatic hydroxyl groups is 1. The van der Waals surface area contributed by atoms with Crippen molar-refractivity contribution in [3.05, 3.63) is 18.2 Å². The zero-order chi connectivity index (χ0) is 17.1. The predicted octanol–water partition coefficient (Wildman–Crippen LogP) is 2.57. The number of fused-ring (bicyclic) bond motifs is 1. The SMILES string of the molecule is CN(C)c1nc2ccc(NC(=O)NC3CCCCC3CO)cc2o1. The molecular weight excluding hydrogens is 308 g/mol. The molecule has 24 heavy (non-hydrogen) atoms. The minimum Gasteiger partial charge on any atom is -0.423 e. The van der Waals surface area contributed by atoms with Crippen LogP contribution in [0.3, 0.4) is 0 Å². The monoisotopic (exact) mass is 332 g/mol. The van der Waals surface area contributed by atoms with Crippen molar-refractivity contribution in [2.45, 2.75) is 31.7 Å². The normalized spacial score (nSPS) is 20.8. The number of carbonyl (C=O) groups excluding carboxylic acids is 1. The Hall–Kier alpha value is -2.28. The first kappa shape index (κ1) is 16.6. The van der Waals surface area contributed by atoms with Gasteiger partial charge in [-0.15, -0.1) is 0 Å². The fourth-order valence-electron chi connectivity index (χ4n) is 3.13. The third-order valence-corrected chi connectivity index (χ3v) is 4.48. The average molecular weight is 332 g/mol. The lowest BCUT2D eigenvalue weighted by Crippen LogP contribution is -2.45. The molecule has 2 amide bonds. The summed E-state index contributed by atoms with van der Waals surface area (Å²) in [5.41, 5.74) is 2.03. The number of anilines is 2. The topological polar surface area (TPSA) is 90.6 Å². The highest BCUT2D eigenvalue weighted by molar-refractivity contribution is 5.91. The van der Waals surface area contributed by atoms with E-state index in [-0.39, 0.29) is 24.6 Å². The van der Waals surface area contributed by atoms with Gasteiger partial charge in [0.15, 0.2) is 5.58 Å². The van der Waals surface area contributed by atoms with Crippen LogP contribution in [0.4, 0.5) is 16.5 Å². The van der Waals surface area contributed by atoms with Crippen LogP contribution in [-0.2, 0) is 0 Å². The van der Waals surface area contributed by atoms with Crippen molar-refractivity contribution < 1.29 is 14.3 Å². The molecule has 0 aliphatic heterocycles. The van der Waals surface area contributed by atoms with Gasteiger partial charge in [0.05, 0.1) is 0 Å². The highest BCUT2D eigenvalue weighted by atomic mass is 16.4. The fourth-order valence-corrected chi connectivity index (χ4v) is 3.13. The van der Waals surface area contributed by atoms with Crippen LogP contribution in [0, 0.1) is 5.92 Å². The number of amides is 2. The Labute approximate surface area is 141 Å². The molecule has 2 unspecified atom stereocenters. The fraction of sp³-hybridized carbons (Fsp3) is 0.529. The third-order valence-electron chi connectivity index (χ3n) is 4.48.